The number of piperazine rings is 1. The zero-order chi connectivity index (χ0) is 21.4. The van der Waals surface area contributed by atoms with Crippen LogP contribution in [0.1, 0.15) is 43.0 Å². The number of amides is 1. The average Bonchev–Trinajstić information content (AvgIpc) is 2.74. The number of carboxylic acids is 2. The van der Waals surface area contributed by atoms with Crippen molar-refractivity contribution in [2.45, 2.75) is 38.6 Å². The van der Waals surface area contributed by atoms with Gasteiger partial charge in [0, 0.05) is 37.8 Å². The standard InChI is InChI=1S/C19H28N2O2.C2H2O4/c1-15-5-3-4-6-18(15)20-11-13-21(14-12-20)19(22)16-7-9-17(23-2)10-8-16;3-1(4)2(5)6/h7-10,15,18H,3-6,11-14H2,1-2H3;(H,3,4)(H,5,6). The van der Waals surface area contributed by atoms with Gasteiger partial charge in [-0.3, -0.25) is 9.69 Å². The molecule has 2 aliphatic rings. The molecule has 0 spiro atoms. The van der Waals surface area contributed by atoms with E-state index < -0.39 is 11.9 Å². The first-order valence-corrected chi connectivity index (χ1v) is 9.97. The van der Waals surface area contributed by atoms with Crippen LogP contribution in [0.5, 0.6) is 5.75 Å². The summed E-state index contributed by atoms with van der Waals surface area (Å²) in [5.41, 5.74) is 0.755. The molecule has 2 fully saturated rings. The fraction of sp³-hybridized carbons (Fsp3) is 0.571. The third kappa shape index (κ3) is 6.45. The maximum Gasteiger partial charge on any atom is 0.414 e. The van der Waals surface area contributed by atoms with Crippen molar-refractivity contribution in [3.63, 3.8) is 0 Å². The van der Waals surface area contributed by atoms with E-state index in [1.54, 1.807) is 7.11 Å². The molecule has 2 N–H and O–H groups in total. The average molecular weight is 406 g/mol. The summed E-state index contributed by atoms with van der Waals surface area (Å²) in [7, 11) is 1.64. The lowest BCUT2D eigenvalue weighted by Gasteiger charge is -2.43. The highest BCUT2D eigenvalue weighted by atomic mass is 16.5. The minimum absolute atomic E-state index is 0.143. The molecule has 0 bridgehead atoms. The van der Waals surface area contributed by atoms with E-state index in [9.17, 15) is 4.79 Å². The molecule has 1 amide bonds. The van der Waals surface area contributed by atoms with Crippen LogP contribution in [0, 0.1) is 5.92 Å². The molecular formula is C21H30N2O6. The summed E-state index contributed by atoms with van der Waals surface area (Å²) < 4.78 is 5.15. The highest BCUT2D eigenvalue weighted by molar-refractivity contribution is 6.27. The summed E-state index contributed by atoms with van der Waals surface area (Å²) in [6, 6.07) is 8.15. The molecule has 1 aliphatic heterocycles. The molecule has 1 aliphatic carbocycles. The van der Waals surface area contributed by atoms with Crippen LogP contribution in [0.25, 0.3) is 0 Å². The molecule has 1 heterocycles. The Labute approximate surface area is 171 Å². The van der Waals surface area contributed by atoms with Crippen LogP contribution >= 0.6 is 0 Å². The summed E-state index contributed by atoms with van der Waals surface area (Å²) in [5, 5.41) is 14.8. The maximum atomic E-state index is 12.6. The fourth-order valence-corrected chi connectivity index (χ4v) is 4.01. The van der Waals surface area contributed by atoms with Crippen molar-refractivity contribution in [2.75, 3.05) is 33.3 Å². The van der Waals surface area contributed by atoms with Crippen molar-refractivity contribution in [3.05, 3.63) is 29.8 Å². The van der Waals surface area contributed by atoms with Gasteiger partial charge in [0.1, 0.15) is 5.75 Å². The van der Waals surface area contributed by atoms with Gasteiger partial charge in [0.25, 0.3) is 5.91 Å². The molecule has 2 unspecified atom stereocenters. The summed E-state index contributed by atoms with van der Waals surface area (Å²) in [6.45, 7) is 6.09. The zero-order valence-electron chi connectivity index (χ0n) is 17.0. The van der Waals surface area contributed by atoms with Crippen molar-refractivity contribution in [2.24, 2.45) is 5.92 Å². The van der Waals surface area contributed by atoms with Crippen LogP contribution in [-0.2, 0) is 9.59 Å². The van der Waals surface area contributed by atoms with Crippen molar-refractivity contribution >= 4 is 17.8 Å². The number of carbonyl (C=O) groups is 3. The summed E-state index contributed by atoms with van der Waals surface area (Å²) in [5.74, 6) is -1.92. The normalized spacial score (nSPS) is 22.2. The number of hydrogen-bond acceptors (Lipinski definition) is 5. The summed E-state index contributed by atoms with van der Waals surface area (Å²) in [4.78, 5) is 35.4. The first kappa shape index (κ1) is 22.7. The van der Waals surface area contributed by atoms with Gasteiger partial charge < -0.3 is 19.8 Å². The van der Waals surface area contributed by atoms with E-state index in [-0.39, 0.29) is 5.91 Å². The van der Waals surface area contributed by atoms with Crippen molar-refractivity contribution in [1.82, 2.24) is 9.80 Å². The number of methoxy groups -OCH3 is 1. The number of rotatable bonds is 3. The van der Waals surface area contributed by atoms with Gasteiger partial charge in [-0.15, -0.1) is 0 Å². The van der Waals surface area contributed by atoms with Crippen molar-refractivity contribution in [3.8, 4) is 5.75 Å². The quantitative estimate of drug-likeness (QED) is 0.741. The highest BCUT2D eigenvalue weighted by Crippen LogP contribution is 2.28. The molecule has 8 nitrogen and oxygen atoms in total. The first-order valence-electron chi connectivity index (χ1n) is 9.97. The molecule has 0 radical (unpaired) electrons. The largest absolute Gasteiger partial charge is 0.497 e. The molecule has 1 aromatic carbocycles. The molecule has 160 valence electrons. The minimum atomic E-state index is -1.82. The predicted molar refractivity (Wildman–Crippen MR) is 107 cm³/mol. The second kappa shape index (κ2) is 10.8. The number of nitrogens with zero attached hydrogens (tertiary/aromatic N) is 2. The highest BCUT2D eigenvalue weighted by Gasteiger charge is 2.30. The molecule has 1 aromatic rings. The monoisotopic (exact) mass is 406 g/mol. The van der Waals surface area contributed by atoms with E-state index >= 15 is 0 Å². The third-order valence-electron chi connectivity index (χ3n) is 5.66. The Balaban J connectivity index is 0.000000438. The first-order chi connectivity index (χ1) is 13.8. The van der Waals surface area contributed by atoms with E-state index in [4.69, 9.17) is 24.5 Å². The van der Waals surface area contributed by atoms with Gasteiger partial charge in [-0.25, -0.2) is 9.59 Å². The lowest BCUT2D eigenvalue weighted by Crippen LogP contribution is -2.53. The van der Waals surface area contributed by atoms with Gasteiger partial charge in [0.2, 0.25) is 0 Å². The molecular weight excluding hydrogens is 376 g/mol. The minimum Gasteiger partial charge on any atom is -0.497 e. The molecule has 29 heavy (non-hydrogen) atoms. The number of carboxylic acid groups (broad SMARTS) is 2. The van der Waals surface area contributed by atoms with E-state index in [0.717, 1.165) is 49.5 Å². The van der Waals surface area contributed by atoms with Crippen LogP contribution in [0.3, 0.4) is 0 Å². The van der Waals surface area contributed by atoms with E-state index in [1.807, 2.05) is 29.2 Å². The number of aliphatic carboxylic acids is 2. The van der Waals surface area contributed by atoms with E-state index in [0.29, 0.717) is 0 Å². The molecule has 1 saturated carbocycles. The SMILES string of the molecule is COc1ccc(C(=O)N2CCN(C3CCCCC3C)CC2)cc1.O=C(O)C(=O)O. The van der Waals surface area contributed by atoms with Gasteiger partial charge in [0.15, 0.2) is 0 Å². The van der Waals surface area contributed by atoms with Gasteiger partial charge in [0.05, 0.1) is 7.11 Å². The van der Waals surface area contributed by atoms with Crippen LogP contribution in [0.4, 0.5) is 0 Å². The molecule has 2 atom stereocenters. The Morgan fingerprint density at radius 2 is 1.48 bits per heavy atom. The second-order valence-corrected chi connectivity index (χ2v) is 7.50. The zero-order valence-corrected chi connectivity index (χ0v) is 17.0. The lowest BCUT2D eigenvalue weighted by molar-refractivity contribution is -0.159. The Morgan fingerprint density at radius 1 is 0.931 bits per heavy atom. The Kier molecular flexibility index (Phi) is 8.45. The smallest absolute Gasteiger partial charge is 0.414 e. The van der Waals surface area contributed by atoms with Crippen LogP contribution in [0.15, 0.2) is 24.3 Å². The topological polar surface area (TPSA) is 107 Å². The molecule has 0 aromatic heterocycles. The van der Waals surface area contributed by atoms with Crippen molar-refractivity contribution in [1.29, 1.82) is 0 Å². The molecule has 8 heteroatoms. The lowest BCUT2D eigenvalue weighted by atomic mass is 9.84. The third-order valence-corrected chi connectivity index (χ3v) is 5.66. The van der Waals surface area contributed by atoms with Gasteiger partial charge in [-0.05, 0) is 43.0 Å². The predicted octanol–water partition coefficient (Wildman–Crippen LogP) is 2.19. The Hall–Kier alpha value is -2.61. The Bertz CT molecular complexity index is 686. The van der Waals surface area contributed by atoms with Crippen LogP contribution in [0.2, 0.25) is 0 Å². The van der Waals surface area contributed by atoms with Gasteiger partial charge in [-0.2, -0.15) is 0 Å². The fourth-order valence-electron chi connectivity index (χ4n) is 4.01. The second-order valence-electron chi connectivity index (χ2n) is 7.50. The number of hydrogen-bond donors (Lipinski definition) is 2. The number of carbonyl (C=O) groups excluding carboxylic acids is 1. The Morgan fingerprint density at radius 3 is 1.97 bits per heavy atom. The maximum absolute atomic E-state index is 12.6. The molecule has 3 rings (SSSR count). The summed E-state index contributed by atoms with van der Waals surface area (Å²) in [6.07, 6.45) is 5.43. The molecule has 1 saturated heterocycles. The van der Waals surface area contributed by atoms with Gasteiger partial charge in [-0.1, -0.05) is 19.8 Å². The van der Waals surface area contributed by atoms with E-state index in [1.165, 1.54) is 25.7 Å². The van der Waals surface area contributed by atoms with Gasteiger partial charge >= 0.3 is 11.9 Å². The number of benzene rings is 1. The van der Waals surface area contributed by atoms with Crippen molar-refractivity contribution < 1.29 is 29.3 Å². The van der Waals surface area contributed by atoms with Crippen LogP contribution < -0.4 is 4.74 Å². The van der Waals surface area contributed by atoms with E-state index in [2.05, 4.69) is 11.8 Å². The number of ether oxygens (including phenoxy) is 1. The summed E-state index contributed by atoms with van der Waals surface area (Å²) >= 11 is 0. The van der Waals surface area contributed by atoms with Crippen LogP contribution in [-0.4, -0.2) is 77.2 Å².